The molecule has 0 amide bonds. The number of benzene rings is 1. The van der Waals surface area contributed by atoms with Gasteiger partial charge in [0.15, 0.2) is 0 Å². The van der Waals surface area contributed by atoms with Crippen molar-refractivity contribution in [3.05, 3.63) is 33.8 Å². The highest BCUT2D eigenvalue weighted by Gasteiger charge is 2.22. The van der Waals surface area contributed by atoms with Gasteiger partial charge >= 0.3 is 0 Å². The second-order valence-electron chi connectivity index (χ2n) is 4.05. The van der Waals surface area contributed by atoms with Crippen molar-refractivity contribution in [1.29, 1.82) is 0 Å². The Balaban J connectivity index is 3.03. The van der Waals surface area contributed by atoms with Crippen LogP contribution < -0.4 is 11.3 Å². The van der Waals surface area contributed by atoms with Gasteiger partial charge in [-0.15, -0.1) is 0 Å². The fourth-order valence-electron chi connectivity index (χ4n) is 1.96. The van der Waals surface area contributed by atoms with E-state index in [4.69, 9.17) is 29.0 Å². The summed E-state index contributed by atoms with van der Waals surface area (Å²) >= 11 is 12.3. The van der Waals surface area contributed by atoms with Crippen molar-refractivity contribution in [3.63, 3.8) is 0 Å². The Morgan fingerprint density at radius 3 is 2.31 bits per heavy atom. The summed E-state index contributed by atoms with van der Waals surface area (Å²) in [6.07, 6.45) is 2.19. The molecule has 0 aliphatic carbocycles. The fourth-order valence-corrected chi connectivity index (χ4v) is 2.59. The third-order valence-electron chi connectivity index (χ3n) is 2.80. The molecule has 0 aliphatic rings. The third-order valence-corrected chi connectivity index (χ3v) is 3.46. The quantitative estimate of drug-likeness (QED) is 0.622. The second kappa shape index (κ2) is 6.45. The van der Waals surface area contributed by atoms with Crippen LogP contribution in [0.1, 0.15) is 38.3 Å². The van der Waals surface area contributed by atoms with Crippen molar-refractivity contribution < 1.29 is 0 Å². The van der Waals surface area contributed by atoms with E-state index in [-0.39, 0.29) is 6.04 Å². The van der Waals surface area contributed by atoms with Crippen molar-refractivity contribution in [2.75, 3.05) is 0 Å². The predicted molar refractivity (Wildman–Crippen MR) is 70.6 cm³/mol. The van der Waals surface area contributed by atoms with Crippen LogP contribution in [0.5, 0.6) is 0 Å². The Kier molecular flexibility index (Phi) is 5.56. The van der Waals surface area contributed by atoms with Gasteiger partial charge in [-0.3, -0.25) is 11.3 Å². The van der Waals surface area contributed by atoms with Crippen LogP contribution in [0.4, 0.5) is 0 Å². The predicted octanol–water partition coefficient (Wildman–Crippen LogP) is 3.93. The van der Waals surface area contributed by atoms with Gasteiger partial charge in [0, 0.05) is 15.6 Å². The number of nitrogens with one attached hydrogen (secondary N) is 1. The first-order chi connectivity index (χ1) is 7.61. The SMILES string of the molecule is CCCC(C)C(NN)c1c(Cl)cccc1Cl. The molecule has 1 aromatic carbocycles. The van der Waals surface area contributed by atoms with Crippen LogP contribution in [-0.4, -0.2) is 0 Å². The van der Waals surface area contributed by atoms with E-state index in [0.29, 0.717) is 16.0 Å². The lowest BCUT2D eigenvalue weighted by Crippen LogP contribution is -2.33. The smallest absolute Gasteiger partial charge is 0.0515 e. The zero-order valence-electron chi connectivity index (χ0n) is 9.63. The van der Waals surface area contributed by atoms with E-state index < -0.39 is 0 Å². The van der Waals surface area contributed by atoms with E-state index in [0.717, 1.165) is 18.4 Å². The van der Waals surface area contributed by atoms with Gasteiger partial charge in [-0.05, 0) is 24.5 Å². The largest absolute Gasteiger partial charge is 0.271 e. The van der Waals surface area contributed by atoms with Crippen LogP contribution in [0, 0.1) is 5.92 Å². The molecule has 0 saturated heterocycles. The van der Waals surface area contributed by atoms with Gasteiger partial charge in [0.2, 0.25) is 0 Å². The van der Waals surface area contributed by atoms with E-state index >= 15 is 0 Å². The number of hydrazine groups is 1. The molecule has 4 heteroatoms. The molecule has 2 unspecified atom stereocenters. The standard InChI is InChI=1S/C12H18Cl2N2/c1-3-5-8(2)12(16-15)11-9(13)6-4-7-10(11)14/h4,6-8,12,16H,3,5,15H2,1-2H3. The van der Waals surface area contributed by atoms with Gasteiger partial charge in [-0.1, -0.05) is 49.5 Å². The molecule has 0 aliphatic heterocycles. The van der Waals surface area contributed by atoms with Crippen molar-refractivity contribution in [2.24, 2.45) is 11.8 Å². The van der Waals surface area contributed by atoms with E-state index in [1.165, 1.54) is 0 Å². The number of hydrogen-bond donors (Lipinski definition) is 2. The highest BCUT2D eigenvalue weighted by molar-refractivity contribution is 6.36. The molecule has 16 heavy (non-hydrogen) atoms. The first kappa shape index (κ1) is 13.8. The molecule has 0 aromatic heterocycles. The minimum absolute atomic E-state index is 0.00106. The number of rotatable bonds is 5. The topological polar surface area (TPSA) is 38.0 Å². The zero-order chi connectivity index (χ0) is 12.1. The molecule has 1 rings (SSSR count). The van der Waals surface area contributed by atoms with Gasteiger partial charge in [-0.25, -0.2) is 0 Å². The molecule has 2 nitrogen and oxygen atoms in total. The highest BCUT2D eigenvalue weighted by atomic mass is 35.5. The number of halogens is 2. The maximum Gasteiger partial charge on any atom is 0.0515 e. The minimum Gasteiger partial charge on any atom is -0.271 e. The third kappa shape index (κ3) is 3.11. The zero-order valence-corrected chi connectivity index (χ0v) is 11.1. The summed E-state index contributed by atoms with van der Waals surface area (Å²) in [4.78, 5) is 0. The van der Waals surface area contributed by atoms with Crippen molar-refractivity contribution in [2.45, 2.75) is 32.7 Å². The first-order valence-electron chi connectivity index (χ1n) is 5.51. The van der Waals surface area contributed by atoms with Gasteiger partial charge < -0.3 is 0 Å². The van der Waals surface area contributed by atoms with Crippen LogP contribution in [0.2, 0.25) is 10.0 Å². The Hall–Kier alpha value is -0.280. The maximum absolute atomic E-state index is 6.17. The van der Waals surface area contributed by atoms with Crippen LogP contribution in [0.15, 0.2) is 18.2 Å². The Morgan fingerprint density at radius 2 is 1.88 bits per heavy atom. The summed E-state index contributed by atoms with van der Waals surface area (Å²) in [6, 6.07) is 5.52. The van der Waals surface area contributed by atoms with Gasteiger partial charge in [-0.2, -0.15) is 0 Å². The summed E-state index contributed by atoms with van der Waals surface area (Å²) < 4.78 is 0. The highest BCUT2D eigenvalue weighted by Crippen LogP contribution is 2.35. The molecule has 0 spiro atoms. The molecular formula is C12H18Cl2N2. The number of hydrogen-bond acceptors (Lipinski definition) is 2. The average molecular weight is 261 g/mol. The van der Waals surface area contributed by atoms with Gasteiger partial charge in [0.1, 0.15) is 0 Å². The summed E-state index contributed by atoms with van der Waals surface area (Å²) in [6.45, 7) is 4.30. The summed E-state index contributed by atoms with van der Waals surface area (Å²) in [5.74, 6) is 6.00. The Labute approximate surface area is 107 Å². The first-order valence-corrected chi connectivity index (χ1v) is 6.27. The molecule has 0 fully saturated rings. The van der Waals surface area contributed by atoms with Crippen molar-refractivity contribution >= 4 is 23.2 Å². The lowest BCUT2D eigenvalue weighted by atomic mass is 9.91. The minimum atomic E-state index is 0.00106. The monoisotopic (exact) mass is 260 g/mol. The van der Waals surface area contributed by atoms with Crippen molar-refractivity contribution in [3.8, 4) is 0 Å². The van der Waals surface area contributed by atoms with Crippen LogP contribution in [0.25, 0.3) is 0 Å². The maximum atomic E-state index is 6.17. The van der Waals surface area contributed by atoms with E-state index in [1.54, 1.807) is 0 Å². The molecule has 0 bridgehead atoms. The Morgan fingerprint density at radius 1 is 1.31 bits per heavy atom. The fraction of sp³-hybridized carbons (Fsp3) is 0.500. The Bertz CT molecular complexity index is 322. The molecule has 0 heterocycles. The van der Waals surface area contributed by atoms with Crippen LogP contribution >= 0.6 is 23.2 Å². The lowest BCUT2D eigenvalue weighted by molar-refractivity contribution is 0.368. The summed E-state index contributed by atoms with van der Waals surface area (Å²) in [7, 11) is 0. The number of nitrogens with two attached hydrogens (primary N) is 1. The van der Waals surface area contributed by atoms with Gasteiger partial charge in [0.25, 0.3) is 0 Å². The van der Waals surface area contributed by atoms with Crippen LogP contribution in [-0.2, 0) is 0 Å². The summed E-state index contributed by atoms with van der Waals surface area (Å²) in [5.41, 5.74) is 3.71. The molecule has 90 valence electrons. The molecule has 0 radical (unpaired) electrons. The van der Waals surface area contributed by atoms with Gasteiger partial charge in [0.05, 0.1) is 6.04 Å². The molecule has 0 saturated carbocycles. The van der Waals surface area contributed by atoms with Crippen LogP contribution in [0.3, 0.4) is 0 Å². The van der Waals surface area contributed by atoms with Crippen molar-refractivity contribution in [1.82, 2.24) is 5.43 Å². The van der Waals surface area contributed by atoms with E-state index in [9.17, 15) is 0 Å². The average Bonchev–Trinajstić information content (AvgIpc) is 2.24. The second-order valence-corrected chi connectivity index (χ2v) is 4.86. The summed E-state index contributed by atoms with van der Waals surface area (Å²) in [5, 5.41) is 1.33. The molecular weight excluding hydrogens is 243 g/mol. The normalized spacial score (nSPS) is 14.8. The van der Waals surface area contributed by atoms with E-state index in [1.807, 2.05) is 18.2 Å². The molecule has 3 N–H and O–H groups in total. The molecule has 2 atom stereocenters. The lowest BCUT2D eigenvalue weighted by Gasteiger charge is -2.25. The molecule has 1 aromatic rings. The van der Waals surface area contributed by atoms with E-state index in [2.05, 4.69) is 19.3 Å².